The molecule has 0 radical (unpaired) electrons. The summed E-state index contributed by atoms with van der Waals surface area (Å²) in [7, 11) is 0. The quantitative estimate of drug-likeness (QED) is 0.905. The first kappa shape index (κ1) is 12.2. The van der Waals surface area contributed by atoms with E-state index in [2.05, 4.69) is 20.7 Å². The summed E-state index contributed by atoms with van der Waals surface area (Å²) < 4.78 is 12.8. The average molecular weight is 261 g/mol. The van der Waals surface area contributed by atoms with Crippen molar-refractivity contribution in [2.75, 3.05) is 13.1 Å². The molecule has 0 bridgehead atoms. The van der Waals surface area contributed by atoms with Crippen molar-refractivity contribution in [1.29, 1.82) is 0 Å². The Kier molecular flexibility index (Phi) is 3.50. The Hall–Kier alpha value is -1.82. The van der Waals surface area contributed by atoms with E-state index in [0.717, 1.165) is 37.3 Å². The fourth-order valence-electron chi connectivity index (χ4n) is 2.31. The second-order valence-electron chi connectivity index (χ2n) is 4.85. The first-order valence-corrected chi connectivity index (χ1v) is 6.54. The lowest BCUT2D eigenvalue weighted by atomic mass is 9.99. The van der Waals surface area contributed by atoms with E-state index in [-0.39, 0.29) is 5.82 Å². The third-order valence-corrected chi connectivity index (χ3v) is 3.37. The molecule has 1 aliphatic rings. The lowest BCUT2D eigenvalue weighted by Gasteiger charge is -2.19. The molecule has 1 aliphatic heterocycles. The maximum absolute atomic E-state index is 12.8. The number of tetrazole rings is 1. The van der Waals surface area contributed by atoms with Gasteiger partial charge >= 0.3 is 0 Å². The molecular weight excluding hydrogens is 245 g/mol. The molecule has 3 rings (SSSR count). The summed E-state index contributed by atoms with van der Waals surface area (Å²) in [5.41, 5.74) is 0.965. The highest BCUT2D eigenvalue weighted by Gasteiger charge is 2.19. The van der Waals surface area contributed by atoms with Crippen LogP contribution in [-0.4, -0.2) is 33.3 Å². The lowest BCUT2D eigenvalue weighted by Crippen LogP contribution is -2.29. The molecule has 100 valence electrons. The van der Waals surface area contributed by atoms with Gasteiger partial charge in [0.25, 0.3) is 0 Å². The predicted octanol–water partition coefficient (Wildman–Crippen LogP) is 1.33. The second kappa shape index (κ2) is 5.44. The van der Waals surface area contributed by atoms with E-state index >= 15 is 0 Å². The Morgan fingerprint density at radius 1 is 1.32 bits per heavy atom. The van der Waals surface area contributed by atoms with Gasteiger partial charge in [0.2, 0.25) is 0 Å². The van der Waals surface area contributed by atoms with E-state index in [0.29, 0.717) is 12.5 Å². The number of nitrogens with zero attached hydrogens (tertiary/aromatic N) is 4. The van der Waals surface area contributed by atoms with Crippen molar-refractivity contribution in [2.24, 2.45) is 0 Å². The van der Waals surface area contributed by atoms with Crippen LogP contribution < -0.4 is 5.32 Å². The fraction of sp³-hybridized carbons (Fsp3) is 0.462. The molecular formula is C13H16FN5. The van der Waals surface area contributed by atoms with Crippen LogP contribution in [0.1, 0.15) is 30.1 Å². The van der Waals surface area contributed by atoms with E-state index in [9.17, 15) is 4.39 Å². The number of benzene rings is 1. The number of halogens is 1. The minimum atomic E-state index is -0.232. The van der Waals surface area contributed by atoms with Gasteiger partial charge in [-0.1, -0.05) is 12.1 Å². The van der Waals surface area contributed by atoms with Crippen LogP contribution in [0, 0.1) is 5.82 Å². The molecule has 1 N–H and O–H groups in total. The molecule has 19 heavy (non-hydrogen) atoms. The van der Waals surface area contributed by atoms with Gasteiger partial charge < -0.3 is 5.32 Å². The summed E-state index contributed by atoms with van der Waals surface area (Å²) in [5, 5.41) is 15.9. The zero-order valence-corrected chi connectivity index (χ0v) is 10.6. The molecule has 1 aromatic heterocycles. The Bertz CT molecular complexity index is 530. The summed E-state index contributed by atoms with van der Waals surface area (Å²) in [6.07, 6.45) is 2.26. The Labute approximate surface area is 110 Å². The maximum Gasteiger partial charge on any atom is 0.179 e. The van der Waals surface area contributed by atoms with Crippen LogP contribution in [-0.2, 0) is 6.54 Å². The number of nitrogens with one attached hydrogen (secondary N) is 1. The number of hydrogen-bond donors (Lipinski definition) is 1. The third-order valence-electron chi connectivity index (χ3n) is 3.37. The highest BCUT2D eigenvalue weighted by atomic mass is 19.1. The number of piperidine rings is 1. The Balaban J connectivity index is 1.68. The van der Waals surface area contributed by atoms with Crippen LogP contribution in [0.3, 0.4) is 0 Å². The van der Waals surface area contributed by atoms with Gasteiger partial charge in [-0.2, -0.15) is 4.80 Å². The second-order valence-corrected chi connectivity index (χ2v) is 4.85. The molecule has 0 spiro atoms. The Morgan fingerprint density at radius 2 is 2.16 bits per heavy atom. The molecule has 5 nitrogen and oxygen atoms in total. The first-order chi connectivity index (χ1) is 9.31. The molecule has 6 heteroatoms. The van der Waals surface area contributed by atoms with Crippen molar-refractivity contribution < 1.29 is 4.39 Å². The SMILES string of the molecule is Fc1ccc(Cn2nnc(C3CCCNC3)n2)cc1. The molecule has 0 aliphatic carbocycles. The lowest BCUT2D eigenvalue weighted by molar-refractivity contribution is 0.444. The summed E-state index contributed by atoms with van der Waals surface area (Å²) >= 11 is 0. The van der Waals surface area contributed by atoms with Gasteiger partial charge in [-0.15, -0.1) is 10.2 Å². The molecule has 0 saturated carbocycles. The standard InChI is InChI=1S/C13H16FN5/c14-12-5-3-10(4-6-12)9-19-17-13(16-18-19)11-2-1-7-15-8-11/h3-6,11,15H,1-2,7-9H2. The van der Waals surface area contributed by atoms with Crippen molar-refractivity contribution >= 4 is 0 Å². The number of rotatable bonds is 3. The summed E-state index contributed by atoms with van der Waals surface area (Å²) in [6.45, 7) is 2.51. The molecule has 1 saturated heterocycles. The van der Waals surface area contributed by atoms with Crippen molar-refractivity contribution in [3.8, 4) is 0 Å². The van der Waals surface area contributed by atoms with Gasteiger partial charge in [0.1, 0.15) is 5.82 Å². The predicted molar refractivity (Wildman–Crippen MR) is 68.2 cm³/mol. The van der Waals surface area contributed by atoms with E-state index in [1.54, 1.807) is 16.9 Å². The van der Waals surface area contributed by atoms with Crippen LogP contribution in [0.4, 0.5) is 4.39 Å². The molecule has 2 heterocycles. The number of hydrogen-bond acceptors (Lipinski definition) is 4. The van der Waals surface area contributed by atoms with Gasteiger partial charge in [0.15, 0.2) is 5.82 Å². The van der Waals surface area contributed by atoms with Crippen molar-refractivity contribution in [3.05, 3.63) is 41.5 Å². The van der Waals surface area contributed by atoms with E-state index in [1.165, 1.54) is 12.1 Å². The smallest absolute Gasteiger partial charge is 0.179 e. The van der Waals surface area contributed by atoms with Crippen LogP contribution >= 0.6 is 0 Å². The Morgan fingerprint density at radius 3 is 2.89 bits per heavy atom. The van der Waals surface area contributed by atoms with Gasteiger partial charge in [-0.3, -0.25) is 0 Å². The van der Waals surface area contributed by atoms with Crippen LogP contribution in [0.2, 0.25) is 0 Å². The molecule has 1 aromatic carbocycles. The number of aromatic nitrogens is 4. The molecule has 1 unspecified atom stereocenters. The van der Waals surface area contributed by atoms with Crippen molar-refractivity contribution in [1.82, 2.24) is 25.5 Å². The minimum absolute atomic E-state index is 0.232. The van der Waals surface area contributed by atoms with Crippen molar-refractivity contribution in [2.45, 2.75) is 25.3 Å². The normalized spacial score (nSPS) is 19.5. The zero-order chi connectivity index (χ0) is 13.1. The summed E-state index contributed by atoms with van der Waals surface area (Å²) in [4.78, 5) is 1.57. The molecule has 1 atom stereocenters. The largest absolute Gasteiger partial charge is 0.316 e. The van der Waals surface area contributed by atoms with Gasteiger partial charge in [-0.05, 0) is 42.3 Å². The molecule has 0 amide bonds. The van der Waals surface area contributed by atoms with E-state index < -0.39 is 0 Å². The fourth-order valence-corrected chi connectivity index (χ4v) is 2.31. The van der Waals surface area contributed by atoms with Crippen LogP contribution in [0.5, 0.6) is 0 Å². The van der Waals surface area contributed by atoms with Crippen LogP contribution in [0.25, 0.3) is 0 Å². The zero-order valence-electron chi connectivity index (χ0n) is 10.6. The monoisotopic (exact) mass is 261 g/mol. The van der Waals surface area contributed by atoms with Gasteiger partial charge in [0, 0.05) is 12.5 Å². The topological polar surface area (TPSA) is 55.6 Å². The maximum atomic E-state index is 12.8. The summed E-state index contributed by atoms with van der Waals surface area (Å²) in [5.74, 6) is 0.925. The van der Waals surface area contributed by atoms with Crippen molar-refractivity contribution in [3.63, 3.8) is 0 Å². The first-order valence-electron chi connectivity index (χ1n) is 6.54. The van der Waals surface area contributed by atoms with Gasteiger partial charge in [0.05, 0.1) is 6.54 Å². The summed E-state index contributed by atoms with van der Waals surface area (Å²) in [6, 6.07) is 6.36. The van der Waals surface area contributed by atoms with Crippen LogP contribution in [0.15, 0.2) is 24.3 Å². The molecule has 1 fully saturated rings. The molecule has 2 aromatic rings. The highest BCUT2D eigenvalue weighted by Crippen LogP contribution is 2.18. The average Bonchev–Trinajstić information content (AvgIpc) is 2.91. The van der Waals surface area contributed by atoms with E-state index in [1.807, 2.05) is 0 Å². The third kappa shape index (κ3) is 2.96. The highest BCUT2D eigenvalue weighted by molar-refractivity contribution is 5.15. The minimum Gasteiger partial charge on any atom is -0.316 e. The van der Waals surface area contributed by atoms with E-state index in [4.69, 9.17) is 0 Å². The van der Waals surface area contributed by atoms with Gasteiger partial charge in [-0.25, -0.2) is 4.39 Å².